The van der Waals surface area contributed by atoms with Crippen molar-refractivity contribution in [2.75, 3.05) is 0 Å². The number of amides is 1. The zero-order valence-corrected chi connectivity index (χ0v) is 15.4. The van der Waals surface area contributed by atoms with Gasteiger partial charge in [-0.2, -0.15) is 0 Å². The van der Waals surface area contributed by atoms with E-state index in [2.05, 4.69) is 20.9 Å². The first kappa shape index (κ1) is 18.4. The highest BCUT2D eigenvalue weighted by Crippen LogP contribution is 2.28. The number of aromatic nitrogens is 3. The second kappa shape index (κ2) is 8.31. The summed E-state index contributed by atoms with van der Waals surface area (Å²) in [4.78, 5) is 12.0. The topological polar surface area (TPSA) is 92.1 Å². The first-order valence-corrected chi connectivity index (χ1v) is 9.26. The highest BCUT2D eigenvalue weighted by Gasteiger charge is 2.24. The first-order chi connectivity index (χ1) is 12.5. The summed E-state index contributed by atoms with van der Waals surface area (Å²) >= 11 is 0. The second-order valence-electron chi connectivity index (χ2n) is 7.23. The molecule has 7 nitrogen and oxygen atoms in total. The third-order valence-electron chi connectivity index (χ3n) is 4.81. The Balaban J connectivity index is 1.49. The number of nitrogens with one attached hydrogen (secondary N) is 2. The number of para-hydroxylation sites is 1. The van der Waals surface area contributed by atoms with Gasteiger partial charge >= 0.3 is 0 Å². The molecule has 0 aliphatic heterocycles. The molecule has 2 aromatic rings. The van der Waals surface area contributed by atoms with Crippen molar-refractivity contribution >= 4 is 5.91 Å². The molecule has 1 amide bonds. The van der Waals surface area contributed by atoms with Gasteiger partial charge in [-0.1, -0.05) is 23.4 Å². The molecule has 1 aliphatic rings. The fourth-order valence-corrected chi connectivity index (χ4v) is 3.35. The van der Waals surface area contributed by atoms with Crippen molar-refractivity contribution in [2.45, 2.75) is 64.2 Å². The minimum absolute atomic E-state index is 0.0817. The molecule has 3 N–H and O–H groups in total. The summed E-state index contributed by atoms with van der Waals surface area (Å²) in [6, 6.07) is 8.21. The molecule has 0 unspecified atom stereocenters. The molecule has 1 heterocycles. The van der Waals surface area contributed by atoms with Crippen LogP contribution in [0.2, 0.25) is 0 Å². The maximum atomic E-state index is 12.0. The highest BCUT2D eigenvalue weighted by atomic mass is 16.3. The molecule has 0 radical (unpaired) electrons. The maximum Gasteiger partial charge on any atom is 0.273 e. The average Bonchev–Trinajstić information content (AvgIpc) is 3.11. The second-order valence-corrected chi connectivity index (χ2v) is 7.23. The van der Waals surface area contributed by atoms with E-state index in [0.717, 1.165) is 31.2 Å². The van der Waals surface area contributed by atoms with E-state index in [4.69, 9.17) is 0 Å². The summed E-state index contributed by atoms with van der Waals surface area (Å²) in [7, 11) is 0. The molecule has 7 heteroatoms. The van der Waals surface area contributed by atoms with Gasteiger partial charge < -0.3 is 15.7 Å². The number of carbonyl (C=O) groups excluding carboxylic acids is 1. The van der Waals surface area contributed by atoms with Gasteiger partial charge in [-0.3, -0.25) is 4.79 Å². The summed E-state index contributed by atoms with van der Waals surface area (Å²) in [5.41, 5.74) is 1.30. The lowest BCUT2D eigenvalue weighted by molar-refractivity contribution is 0.0938. The molecule has 1 aromatic heterocycles. The van der Waals surface area contributed by atoms with E-state index >= 15 is 0 Å². The zero-order chi connectivity index (χ0) is 18.5. The molecule has 26 heavy (non-hydrogen) atoms. The standard InChI is InChI=1S/C19H27N5O2/c1-13(2)21-19(26)17-12-24(23-22-17)16-9-7-15(8-10-16)20-11-14-5-3-4-6-18(14)25/h3-6,12-13,15-16,20,25H,7-11H2,1-2H3,(H,21,26). The van der Waals surface area contributed by atoms with Crippen LogP contribution in [-0.2, 0) is 6.54 Å². The van der Waals surface area contributed by atoms with Crippen molar-refractivity contribution in [3.8, 4) is 5.75 Å². The Morgan fingerprint density at radius 1 is 1.27 bits per heavy atom. The van der Waals surface area contributed by atoms with Gasteiger partial charge in [0.05, 0.1) is 12.2 Å². The number of aromatic hydroxyl groups is 1. The molecule has 0 bridgehead atoms. The van der Waals surface area contributed by atoms with E-state index < -0.39 is 0 Å². The number of rotatable bonds is 6. The van der Waals surface area contributed by atoms with Gasteiger partial charge in [-0.15, -0.1) is 5.10 Å². The van der Waals surface area contributed by atoms with Gasteiger partial charge in [-0.05, 0) is 45.6 Å². The van der Waals surface area contributed by atoms with Gasteiger partial charge in [0.15, 0.2) is 5.69 Å². The lowest BCUT2D eigenvalue weighted by atomic mass is 9.91. The molecule has 140 valence electrons. The predicted molar refractivity (Wildman–Crippen MR) is 98.9 cm³/mol. The summed E-state index contributed by atoms with van der Waals surface area (Å²) in [5, 5.41) is 24.4. The first-order valence-electron chi connectivity index (χ1n) is 9.26. The van der Waals surface area contributed by atoms with Gasteiger partial charge in [-0.25, -0.2) is 4.68 Å². The van der Waals surface area contributed by atoms with E-state index in [0.29, 0.717) is 24.0 Å². The molecule has 0 spiro atoms. The quantitative estimate of drug-likeness (QED) is 0.738. The molecule has 3 rings (SSSR count). The molecule has 1 saturated carbocycles. The Hall–Kier alpha value is -2.41. The molecule has 1 fully saturated rings. The Bertz CT molecular complexity index is 735. The molecule has 1 aliphatic carbocycles. The van der Waals surface area contributed by atoms with E-state index in [9.17, 15) is 9.90 Å². The molecule has 0 atom stereocenters. The van der Waals surface area contributed by atoms with Crippen LogP contribution in [-0.4, -0.2) is 38.1 Å². The van der Waals surface area contributed by atoms with Crippen molar-refractivity contribution in [3.63, 3.8) is 0 Å². The number of hydrogen-bond acceptors (Lipinski definition) is 5. The smallest absolute Gasteiger partial charge is 0.273 e. The van der Waals surface area contributed by atoms with Gasteiger partial charge in [0.25, 0.3) is 5.91 Å². The fourth-order valence-electron chi connectivity index (χ4n) is 3.35. The molecular weight excluding hydrogens is 330 g/mol. The highest BCUT2D eigenvalue weighted by molar-refractivity contribution is 5.91. The Kier molecular flexibility index (Phi) is 5.88. The van der Waals surface area contributed by atoms with Crippen molar-refractivity contribution in [1.82, 2.24) is 25.6 Å². The van der Waals surface area contributed by atoms with E-state index in [1.807, 2.05) is 36.7 Å². The Morgan fingerprint density at radius 2 is 2.00 bits per heavy atom. The molecule has 0 saturated heterocycles. The number of phenolic OH excluding ortho intramolecular Hbond substituents is 1. The van der Waals surface area contributed by atoms with Crippen LogP contribution >= 0.6 is 0 Å². The van der Waals surface area contributed by atoms with Crippen LogP contribution in [0.25, 0.3) is 0 Å². The van der Waals surface area contributed by atoms with Crippen LogP contribution in [0, 0.1) is 0 Å². The lowest BCUT2D eigenvalue weighted by Gasteiger charge is -2.29. The van der Waals surface area contributed by atoms with Crippen LogP contribution in [0.3, 0.4) is 0 Å². The number of nitrogens with zero attached hydrogens (tertiary/aromatic N) is 3. The summed E-state index contributed by atoms with van der Waals surface area (Å²) in [6.07, 6.45) is 5.80. The van der Waals surface area contributed by atoms with Gasteiger partial charge in [0.2, 0.25) is 0 Å². The molecule has 1 aromatic carbocycles. The maximum absolute atomic E-state index is 12.0. The van der Waals surface area contributed by atoms with Gasteiger partial charge in [0, 0.05) is 24.2 Å². The molecular formula is C19H27N5O2. The van der Waals surface area contributed by atoms with Crippen molar-refractivity contribution in [3.05, 3.63) is 41.7 Å². The summed E-state index contributed by atoms with van der Waals surface area (Å²) in [5.74, 6) is 0.160. The zero-order valence-electron chi connectivity index (χ0n) is 15.4. The predicted octanol–water partition coefficient (Wildman–Crippen LogP) is 2.40. The van der Waals surface area contributed by atoms with Crippen LogP contribution in [0.5, 0.6) is 5.75 Å². The number of phenols is 1. The van der Waals surface area contributed by atoms with Gasteiger partial charge in [0.1, 0.15) is 5.75 Å². The third kappa shape index (κ3) is 4.60. The SMILES string of the molecule is CC(C)NC(=O)c1cn(C2CCC(NCc3ccccc3O)CC2)nn1. The minimum Gasteiger partial charge on any atom is -0.508 e. The van der Waals surface area contributed by atoms with Crippen LogP contribution in [0.15, 0.2) is 30.5 Å². The lowest BCUT2D eigenvalue weighted by Crippen LogP contribution is -2.33. The average molecular weight is 357 g/mol. The normalized spacial score (nSPS) is 20.3. The largest absolute Gasteiger partial charge is 0.508 e. The van der Waals surface area contributed by atoms with Crippen LogP contribution < -0.4 is 10.6 Å². The number of benzene rings is 1. The monoisotopic (exact) mass is 357 g/mol. The van der Waals surface area contributed by atoms with Crippen molar-refractivity contribution in [2.24, 2.45) is 0 Å². The van der Waals surface area contributed by atoms with E-state index in [-0.39, 0.29) is 18.0 Å². The number of carbonyl (C=O) groups is 1. The summed E-state index contributed by atoms with van der Waals surface area (Å²) < 4.78 is 1.83. The van der Waals surface area contributed by atoms with Crippen molar-refractivity contribution < 1.29 is 9.90 Å². The van der Waals surface area contributed by atoms with Crippen LogP contribution in [0.1, 0.15) is 61.6 Å². The Labute approximate surface area is 153 Å². The van der Waals surface area contributed by atoms with Crippen molar-refractivity contribution in [1.29, 1.82) is 0 Å². The van der Waals surface area contributed by atoms with E-state index in [1.54, 1.807) is 12.3 Å². The van der Waals surface area contributed by atoms with E-state index in [1.165, 1.54) is 0 Å². The van der Waals surface area contributed by atoms with Crippen LogP contribution in [0.4, 0.5) is 0 Å². The summed E-state index contributed by atoms with van der Waals surface area (Å²) in [6.45, 7) is 4.52. The number of hydrogen-bond donors (Lipinski definition) is 3. The third-order valence-corrected chi connectivity index (χ3v) is 4.81. The fraction of sp³-hybridized carbons (Fsp3) is 0.526. The minimum atomic E-state index is -0.177. The Morgan fingerprint density at radius 3 is 2.69 bits per heavy atom.